The summed E-state index contributed by atoms with van der Waals surface area (Å²) in [6.45, 7) is 0.682. The lowest BCUT2D eigenvalue weighted by Gasteiger charge is -2.14. The molecule has 15 heavy (non-hydrogen) atoms. The van der Waals surface area contributed by atoms with E-state index in [2.05, 4.69) is 46.7 Å². The van der Waals surface area contributed by atoms with Crippen LogP contribution < -0.4 is 5.32 Å². The van der Waals surface area contributed by atoms with E-state index in [4.69, 9.17) is 0 Å². The molecular formula is C12H11ClN2. The van der Waals surface area contributed by atoms with Crippen molar-refractivity contribution in [1.29, 1.82) is 0 Å². The van der Waals surface area contributed by atoms with Crippen molar-refractivity contribution in [3.63, 3.8) is 0 Å². The smallest absolute Gasteiger partial charge is 0.107 e. The maximum absolute atomic E-state index is 4.19. The monoisotopic (exact) mass is 218 g/mol. The molecule has 0 atom stereocenters. The van der Waals surface area contributed by atoms with Crippen molar-refractivity contribution in [2.75, 3.05) is 12.0 Å². The minimum atomic E-state index is 0. The molecule has 0 fully saturated rings. The van der Waals surface area contributed by atoms with Crippen molar-refractivity contribution >= 4 is 35.1 Å². The standard InChI is InChI=1S/C12H10N2.ClH/c1-2-4-11-9(3-1)5-6-10-7-13-8-14-12(10)11;/h1-7,14H,8H2;1H. The third-order valence-corrected chi connectivity index (χ3v) is 2.54. The fourth-order valence-electron chi connectivity index (χ4n) is 1.86. The van der Waals surface area contributed by atoms with Gasteiger partial charge < -0.3 is 5.32 Å². The molecule has 2 aromatic rings. The number of aliphatic imine (C=N–C) groups is 1. The first-order valence-electron chi connectivity index (χ1n) is 4.70. The van der Waals surface area contributed by atoms with E-state index < -0.39 is 0 Å². The molecule has 0 spiro atoms. The number of anilines is 1. The minimum Gasteiger partial charge on any atom is -0.365 e. The van der Waals surface area contributed by atoms with Crippen molar-refractivity contribution in [2.24, 2.45) is 4.99 Å². The lowest BCUT2D eigenvalue weighted by atomic mass is 10.0. The van der Waals surface area contributed by atoms with Gasteiger partial charge in [-0.15, -0.1) is 12.4 Å². The minimum absolute atomic E-state index is 0. The van der Waals surface area contributed by atoms with Crippen molar-refractivity contribution in [2.45, 2.75) is 0 Å². The topological polar surface area (TPSA) is 24.4 Å². The van der Waals surface area contributed by atoms with Crippen LogP contribution in [0.25, 0.3) is 10.8 Å². The number of nitrogens with zero attached hydrogens (tertiary/aromatic N) is 1. The average molecular weight is 219 g/mol. The Kier molecular flexibility index (Phi) is 2.60. The van der Waals surface area contributed by atoms with Gasteiger partial charge in [-0.2, -0.15) is 0 Å². The number of nitrogens with one attached hydrogen (secondary N) is 1. The van der Waals surface area contributed by atoms with E-state index in [1.54, 1.807) is 0 Å². The average Bonchev–Trinajstić information content (AvgIpc) is 2.29. The van der Waals surface area contributed by atoms with Crippen LogP contribution >= 0.6 is 12.4 Å². The zero-order valence-corrected chi connectivity index (χ0v) is 8.92. The van der Waals surface area contributed by atoms with Crippen LogP contribution in [0.3, 0.4) is 0 Å². The first-order valence-corrected chi connectivity index (χ1v) is 4.70. The molecule has 0 unspecified atom stereocenters. The third-order valence-electron chi connectivity index (χ3n) is 2.54. The Morgan fingerprint density at radius 2 is 1.93 bits per heavy atom. The van der Waals surface area contributed by atoms with Crippen molar-refractivity contribution in [1.82, 2.24) is 0 Å². The van der Waals surface area contributed by atoms with Gasteiger partial charge in [0.05, 0.1) is 5.69 Å². The zero-order chi connectivity index (χ0) is 9.38. The largest absolute Gasteiger partial charge is 0.365 e. The molecule has 0 saturated carbocycles. The van der Waals surface area contributed by atoms with E-state index in [1.165, 1.54) is 22.0 Å². The predicted molar refractivity (Wildman–Crippen MR) is 67.3 cm³/mol. The Balaban J connectivity index is 0.000000853. The Morgan fingerprint density at radius 3 is 2.87 bits per heavy atom. The molecule has 1 N–H and O–H groups in total. The summed E-state index contributed by atoms with van der Waals surface area (Å²) in [6, 6.07) is 12.6. The van der Waals surface area contributed by atoms with Crippen LogP contribution in [0.15, 0.2) is 41.4 Å². The van der Waals surface area contributed by atoms with Crippen LogP contribution in [0.1, 0.15) is 5.56 Å². The van der Waals surface area contributed by atoms with Gasteiger partial charge in [-0.1, -0.05) is 36.4 Å². The summed E-state index contributed by atoms with van der Waals surface area (Å²) in [4.78, 5) is 4.19. The normalized spacial score (nSPS) is 12.8. The quantitative estimate of drug-likeness (QED) is 0.722. The van der Waals surface area contributed by atoms with E-state index >= 15 is 0 Å². The second kappa shape index (κ2) is 3.91. The van der Waals surface area contributed by atoms with Gasteiger partial charge in [-0.05, 0) is 5.39 Å². The summed E-state index contributed by atoms with van der Waals surface area (Å²) in [7, 11) is 0. The number of hydrogen-bond acceptors (Lipinski definition) is 2. The van der Waals surface area contributed by atoms with Gasteiger partial charge in [0.15, 0.2) is 0 Å². The Bertz CT molecular complexity index is 520. The fourth-order valence-corrected chi connectivity index (χ4v) is 1.86. The van der Waals surface area contributed by atoms with Crippen LogP contribution in [-0.4, -0.2) is 12.9 Å². The highest BCUT2D eigenvalue weighted by Crippen LogP contribution is 2.27. The van der Waals surface area contributed by atoms with Gasteiger partial charge in [-0.3, -0.25) is 4.99 Å². The molecule has 1 aliphatic heterocycles. The van der Waals surface area contributed by atoms with Gasteiger partial charge in [0, 0.05) is 17.2 Å². The van der Waals surface area contributed by atoms with Crippen molar-refractivity contribution in [3.8, 4) is 0 Å². The summed E-state index contributed by atoms with van der Waals surface area (Å²) < 4.78 is 0. The van der Waals surface area contributed by atoms with Crippen molar-refractivity contribution in [3.05, 3.63) is 42.0 Å². The van der Waals surface area contributed by atoms with Crippen LogP contribution in [0, 0.1) is 0 Å². The maximum atomic E-state index is 4.19. The number of hydrogen-bond donors (Lipinski definition) is 1. The van der Waals surface area contributed by atoms with Crippen LogP contribution in [0.4, 0.5) is 5.69 Å². The molecule has 3 rings (SSSR count). The lowest BCUT2D eigenvalue weighted by Crippen LogP contribution is -2.07. The molecule has 0 radical (unpaired) electrons. The first kappa shape index (κ1) is 9.99. The number of fused-ring (bicyclic) bond motifs is 3. The van der Waals surface area contributed by atoms with E-state index in [-0.39, 0.29) is 12.4 Å². The zero-order valence-electron chi connectivity index (χ0n) is 8.10. The Morgan fingerprint density at radius 1 is 1.07 bits per heavy atom. The summed E-state index contributed by atoms with van der Waals surface area (Å²) in [5.41, 5.74) is 2.38. The summed E-state index contributed by atoms with van der Waals surface area (Å²) in [6.07, 6.45) is 1.93. The van der Waals surface area contributed by atoms with Gasteiger partial charge in [0.2, 0.25) is 0 Å². The van der Waals surface area contributed by atoms with E-state index in [0.717, 1.165) is 0 Å². The molecule has 3 heteroatoms. The number of halogens is 1. The Hall–Kier alpha value is -1.54. The maximum Gasteiger partial charge on any atom is 0.107 e. The number of benzene rings is 2. The molecule has 0 bridgehead atoms. The summed E-state index contributed by atoms with van der Waals surface area (Å²) >= 11 is 0. The molecule has 0 saturated heterocycles. The van der Waals surface area contributed by atoms with Gasteiger partial charge >= 0.3 is 0 Å². The molecule has 1 heterocycles. The van der Waals surface area contributed by atoms with Gasteiger partial charge in [0.25, 0.3) is 0 Å². The highest BCUT2D eigenvalue weighted by molar-refractivity contribution is 6.04. The van der Waals surface area contributed by atoms with Gasteiger partial charge in [-0.25, -0.2) is 0 Å². The third kappa shape index (κ3) is 1.57. The predicted octanol–water partition coefficient (Wildman–Crippen LogP) is 3.06. The number of rotatable bonds is 0. The van der Waals surface area contributed by atoms with Gasteiger partial charge in [0.1, 0.15) is 6.67 Å². The lowest BCUT2D eigenvalue weighted by molar-refractivity contribution is 1.13. The van der Waals surface area contributed by atoms with Crippen LogP contribution in [-0.2, 0) is 0 Å². The van der Waals surface area contributed by atoms with Crippen molar-refractivity contribution < 1.29 is 0 Å². The molecule has 2 aromatic carbocycles. The molecule has 0 aromatic heterocycles. The Labute approximate surface area is 94.4 Å². The second-order valence-electron chi connectivity index (χ2n) is 3.40. The second-order valence-corrected chi connectivity index (χ2v) is 3.40. The van der Waals surface area contributed by atoms with E-state index in [0.29, 0.717) is 6.67 Å². The van der Waals surface area contributed by atoms with E-state index in [9.17, 15) is 0 Å². The van der Waals surface area contributed by atoms with Crippen LogP contribution in [0.5, 0.6) is 0 Å². The fraction of sp³-hybridized carbons (Fsp3) is 0.0833. The summed E-state index contributed by atoms with van der Waals surface area (Å²) in [5, 5.41) is 5.85. The molecule has 0 amide bonds. The summed E-state index contributed by atoms with van der Waals surface area (Å²) in [5.74, 6) is 0. The van der Waals surface area contributed by atoms with Crippen LogP contribution in [0.2, 0.25) is 0 Å². The molecule has 76 valence electrons. The highest BCUT2D eigenvalue weighted by atomic mass is 35.5. The SMILES string of the molecule is C1=NCNc2c1ccc1ccccc21.Cl. The molecule has 1 aliphatic rings. The first-order chi connectivity index (χ1) is 6.95. The molecular weight excluding hydrogens is 208 g/mol. The molecule has 0 aliphatic carbocycles. The van der Waals surface area contributed by atoms with E-state index in [1.807, 2.05) is 6.21 Å². The molecule has 2 nitrogen and oxygen atoms in total. The highest BCUT2D eigenvalue weighted by Gasteiger charge is 2.07.